The average Bonchev–Trinajstić information content (AvgIpc) is 2.47. The Morgan fingerprint density at radius 1 is 1.25 bits per heavy atom. The molecule has 0 N–H and O–H groups in total. The molecule has 1 heterocycles. The molecule has 0 aliphatic heterocycles. The second-order valence-corrected chi connectivity index (χ2v) is 4.18. The SMILES string of the molecule is Cc1cccc(Cl)c1-c1oc(C)c(C)[n+]1[O-]. The summed E-state index contributed by atoms with van der Waals surface area (Å²) in [5.41, 5.74) is 2.15. The fraction of sp³-hybridized carbons (Fsp3) is 0.250. The van der Waals surface area contributed by atoms with E-state index in [9.17, 15) is 5.21 Å². The first kappa shape index (κ1) is 11.0. The van der Waals surface area contributed by atoms with Crippen LogP contribution in [0, 0.1) is 26.0 Å². The topological polar surface area (TPSA) is 40.1 Å². The molecule has 84 valence electrons. The van der Waals surface area contributed by atoms with Gasteiger partial charge in [0.2, 0.25) is 5.69 Å². The van der Waals surface area contributed by atoms with Crippen molar-refractivity contribution in [2.24, 2.45) is 0 Å². The maximum atomic E-state index is 11.9. The van der Waals surface area contributed by atoms with Crippen LogP contribution in [-0.2, 0) is 0 Å². The zero-order valence-corrected chi connectivity index (χ0v) is 10.1. The minimum absolute atomic E-state index is 0.262. The molecule has 4 heteroatoms. The number of aryl methyl sites for hydroxylation is 2. The maximum absolute atomic E-state index is 11.9. The van der Waals surface area contributed by atoms with E-state index < -0.39 is 0 Å². The maximum Gasteiger partial charge on any atom is 0.394 e. The van der Waals surface area contributed by atoms with Crippen LogP contribution in [0.4, 0.5) is 0 Å². The molecule has 0 aliphatic rings. The molecule has 1 aromatic heterocycles. The molecular formula is C12H12ClNO2. The van der Waals surface area contributed by atoms with Gasteiger partial charge < -0.3 is 9.62 Å². The summed E-state index contributed by atoms with van der Waals surface area (Å²) >= 11 is 6.09. The molecule has 2 aromatic rings. The lowest BCUT2D eigenvalue weighted by atomic mass is 10.1. The van der Waals surface area contributed by atoms with Crippen molar-refractivity contribution in [1.82, 2.24) is 0 Å². The van der Waals surface area contributed by atoms with E-state index in [0.717, 1.165) is 10.3 Å². The van der Waals surface area contributed by atoms with Crippen LogP contribution in [0.5, 0.6) is 0 Å². The number of oxazole rings is 1. The van der Waals surface area contributed by atoms with Gasteiger partial charge in [0.1, 0.15) is 5.56 Å². The molecule has 1 aromatic carbocycles. The van der Waals surface area contributed by atoms with Gasteiger partial charge in [0.25, 0.3) is 0 Å². The summed E-state index contributed by atoms with van der Waals surface area (Å²) in [6.45, 7) is 5.38. The average molecular weight is 238 g/mol. The van der Waals surface area contributed by atoms with Crippen LogP contribution in [0.25, 0.3) is 11.5 Å². The van der Waals surface area contributed by atoms with E-state index in [4.69, 9.17) is 16.0 Å². The molecule has 0 saturated heterocycles. The predicted octanol–water partition coefficient (Wildman–Crippen LogP) is 3.16. The Balaban J connectivity index is 2.72. The van der Waals surface area contributed by atoms with Crippen LogP contribution in [-0.4, -0.2) is 0 Å². The van der Waals surface area contributed by atoms with Crippen molar-refractivity contribution in [2.45, 2.75) is 20.8 Å². The van der Waals surface area contributed by atoms with Crippen LogP contribution < -0.4 is 4.73 Å². The van der Waals surface area contributed by atoms with Crippen molar-refractivity contribution in [3.8, 4) is 11.5 Å². The molecule has 16 heavy (non-hydrogen) atoms. The first-order chi connectivity index (χ1) is 7.52. The molecule has 2 rings (SSSR count). The van der Waals surface area contributed by atoms with Crippen molar-refractivity contribution >= 4 is 11.6 Å². The predicted molar refractivity (Wildman–Crippen MR) is 62.3 cm³/mol. The third-order valence-corrected chi connectivity index (χ3v) is 3.00. The molecule has 0 bridgehead atoms. The smallest absolute Gasteiger partial charge is 0.394 e. The Hall–Kier alpha value is -1.48. The molecule has 0 atom stereocenters. The van der Waals surface area contributed by atoms with Crippen molar-refractivity contribution in [3.05, 3.63) is 45.4 Å². The summed E-state index contributed by atoms with van der Waals surface area (Å²) in [7, 11) is 0. The minimum atomic E-state index is 0.262. The molecule has 3 nitrogen and oxygen atoms in total. The Labute approximate surface area is 98.9 Å². The first-order valence-corrected chi connectivity index (χ1v) is 5.35. The quantitative estimate of drug-likeness (QED) is 0.565. The van der Waals surface area contributed by atoms with Gasteiger partial charge in [-0.3, -0.25) is 0 Å². The molecular weight excluding hydrogens is 226 g/mol. The van der Waals surface area contributed by atoms with Crippen LogP contribution in [0.2, 0.25) is 5.02 Å². The van der Waals surface area contributed by atoms with Crippen molar-refractivity contribution in [2.75, 3.05) is 0 Å². The molecule has 0 amide bonds. The van der Waals surface area contributed by atoms with E-state index in [-0.39, 0.29) is 5.89 Å². The van der Waals surface area contributed by atoms with Gasteiger partial charge in [-0.25, -0.2) is 0 Å². The van der Waals surface area contributed by atoms with Gasteiger partial charge in [0, 0.05) is 13.8 Å². The summed E-state index contributed by atoms with van der Waals surface area (Å²) in [4.78, 5) is 0. The van der Waals surface area contributed by atoms with Gasteiger partial charge in [-0.1, -0.05) is 23.7 Å². The van der Waals surface area contributed by atoms with Crippen molar-refractivity contribution < 1.29 is 9.15 Å². The highest BCUT2D eigenvalue weighted by atomic mass is 35.5. The van der Waals surface area contributed by atoms with Crippen molar-refractivity contribution in [3.63, 3.8) is 0 Å². The lowest BCUT2D eigenvalue weighted by molar-refractivity contribution is -0.602. The van der Waals surface area contributed by atoms with Gasteiger partial charge in [0.05, 0.1) is 5.02 Å². The lowest BCUT2D eigenvalue weighted by Gasteiger charge is -2.03. The molecule has 0 fully saturated rings. The number of benzene rings is 1. The molecule has 0 aliphatic carbocycles. The van der Waals surface area contributed by atoms with Crippen molar-refractivity contribution in [1.29, 1.82) is 0 Å². The summed E-state index contributed by atoms with van der Waals surface area (Å²) < 4.78 is 6.24. The van der Waals surface area contributed by atoms with Gasteiger partial charge in [0.15, 0.2) is 5.76 Å². The largest absolute Gasteiger partial charge is 0.616 e. The highest BCUT2D eigenvalue weighted by Gasteiger charge is 2.24. The fourth-order valence-electron chi connectivity index (χ4n) is 1.61. The van der Waals surface area contributed by atoms with Gasteiger partial charge in [-0.2, -0.15) is 0 Å². The fourth-order valence-corrected chi connectivity index (χ4v) is 1.91. The second-order valence-electron chi connectivity index (χ2n) is 3.77. The second kappa shape index (κ2) is 3.83. The van der Waals surface area contributed by atoms with E-state index in [1.807, 2.05) is 19.1 Å². The molecule has 0 radical (unpaired) electrons. The highest BCUT2D eigenvalue weighted by Crippen LogP contribution is 2.30. The molecule has 0 spiro atoms. The van der Waals surface area contributed by atoms with Gasteiger partial charge >= 0.3 is 5.89 Å². The monoisotopic (exact) mass is 237 g/mol. The van der Waals surface area contributed by atoms with E-state index in [1.54, 1.807) is 19.9 Å². The molecule has 0 saturated carbocycles. The van der Waals surface area contributed by atoms with E-state index in [0.29, 0.717) is 22.0 Å². The summed E-state index contributed by atoms with van der Waals surface area (Å²) in [5, 5.41) is 12.4. The third-order valence-electron chi connectivity index (χ3n) is 2.68. The van der Waals surface area contributed by atoms with Crippen LogP contribution >= 0.6 is 11.6 Å². The number of nitrogens with zero attached hydrogens (tertiary/aromatic N) is 1. The lowest BCUT2D eigenvalue weighted by Crippen LogP contribution is -2.29. The Morgan fingerprint density at radius 3 is 2.44 bits per heavy atom. The Kier molecular flexibility index (Phi) is 2.64. The van der Waals surface area contributed by atoms with E-state index >= 15 is 0 Å². The van der Waals surface area contributed by atoms with E-state index in [2.05, 4.69) is 0 Å². The van der Waals surface area contributed by atoms with Crippen LogP contribution in [0.1, 0.15) is 17.0 Å². The number of rotatable bonds is 1. The summed E-state index contributed by atoms with van der Waals surface area (Å²) in [6, 6.07) is 5.49. The Bertz CT molecular complexity index is 526. The van der Waals surface area contributed by atoms with Crippen LogP contribution in [0.3, 0.4) is 0 Å². The summed E-state index contributed by atoms with van der Waals surface area (Å²) in [5.74, 6) is 0.877. The molecule has 0 unspecified atom stereocenters. The normalized spacial score (nSPS) is 10.8. The van der Waals surface area contributed by atoms with Gasteiger partial charge in [-0.15, -0.1) is 4.73 Å². The minimum Gasteiger partial charge on any atom is -0.616 e. The zero-order valence-electron chi connectivity index (χ0n) is 9.37. The number of halogens is 1. The number of hydrogen-bond acceptors (Lipinski definition) is 2. The van der Waals surface area contributed by atoms with Gasteiger partial charge in [-0.05, 0) is 18.6 Å². The van der Waals surface area contributed by atoms with E-state index in [1.165, 1.54) is 0 Å². The number of aromatic nitrogens is 1. The van der Waals surface area contributed by atoms with Crippen LogP contribution in [0.15, 0.2) is 22.6 Å². The first-order valence-electron chi connectivity index (χ1n) is 4.97. The third kappa shape index (κ3) is 1.57. The Morgan fingerprint density at radius 2 is 1.94 bits per heavy atom. The highest BCUT2D eigenvalue weighted by molar-refractivity contribution is 6.33. The number of hydrogen-bond donors (Lipinski definition) is 0. The standard InChI is InChI=1S/C12H12ClNO2/c1-7-5-4-6-10(13)11(7)12-14(15)8(2)9(3)16-12/h4-6H,1-3H3. The zero-order chi connectivity index (χ0) is 11.9. The summed E-state index contributed by atoms with van der Waals surface area (Å²) in [6.07, 6.45) is 0.